The van der Waals surface area contributed by atoms with Crippen LogP contribution >= 0.6 is 0 Å². The molecule has 148 valence electrons. The molecule has 3 heterocycles. The van der Waals surface area contributed by atoms with Gasteiger partial charge in [-0.1, -0.05) is 30.7 Å². The third-order valence-corrected chi connectivity index (χ3v) is 5.37. The molecule has 4 rings (SSSR count). The van der Waals surface area contributed by atoms with Gasteiger partial charge in [-0.2, -0.15) is 9.97 Å². The summed E-state index contributed by atoms with van der Waals surface area (Å²) in [6.07, 6.45) is 4.17. The quantitative estimate of drug-likeness (QED) is 0.828. The van der Waals surface area contributed by atoms with Gasteiger partial charge < -0.3 is 10.5 Å². The average molecular weight is 381 g/mol. The summed E-state index contributed by atoms with van der Waals surface area (Å²) >= 11 is 0. The monoisotopic (exact) mass is 381 g/mol. The Hall–Kier alpha value is -2.67. The van der Waals surface area contributed by atoms with Crippen LogP contribution in [0.1, 0.15) is 42.9 Å². The number of piperidine rings is 1. The molecular weight excluding hydrogens is 354 g/mol. The highest BCUT2D eigenvalue weighted by atomic mass is 16.5. The lowest BCUT2D eigenvalue weighted by Gasteiger charge is -2.26. The first kappa shape index (κ1) is 18.7. The molecule has 1 fully saturated rings. The predicted octanol–water partition coefficient (Wildman–Crippen LogP) is 2.53. The van der Waals surface area contributed by atoms with Gasteiger partial charge in [-0.25, -0.2) is 0 Å². The molecule has 0 spiro atoms. The maximum atomic E-state index is 12.5. The minimum atomic E-state index is -0.0120. The fourth-order valence-corrected chi connectivity index (χ4v) is 3.89. The van der Waals surface area contributed by atoms with Gasteiger partial charge in [0.2, 0.25) is 5.91 Å². The number of nitrogen functional groups attached to an aromatic ring is 1. The summed E-state index contributed by atoms with van der Waals surface area (Å²) in [6, 6.07) is 8.73. The van der Waals surface area contributed by atoms with Crippen molar-refractivity contribution in [3.63, 3.8) is 0 Å². The second-order valence-electron chi connectivity index (χ2n) is 7.44. The number of rotatable bonds is 6. The van der Waals surface area contributed by atoms with Crippen molar-refractivity contribution < 1.29 is 9.53 Å². The normalized spacial score (nSPS) is 17.0. The number of fused-ring (bicyclic) bond motifs is 1. The number of hydrogen-bond acceptors (Lipinski definition) is 6. The molecule has 7 heteroatoms. The zero-order valence-corrected chi connectivity index (χ0v) is 16.4. The number of hydrogen-bond donors (Lipinski definition) is 1. The second kappa shape index (κ2) is 8.14. The molecule has 7 nitrogen and oxygen atoms in total. The molecular formula is C21H27N5O2. The number of carbonyl (C=O) groups excluding carboxylic acids is 1. The number of nitrogens with zero attached hydrogens (tertiary/aromatic N) is 4. The van der Waals surface area contributed by atoms with Gasteiger partial charge >= 0.3 is 6.01 Å². The maximum Gasteiger partial charge on any atom is 0.320 e. The van der Waals surface area contributed by atoms with Crippen LogP contribution in [0.25, 0.3) is 0 Å². The van der Waals surface area contributed by atoms with E-state index in [2.05, 4.69) is 39.1 Å². The SMILES string of the molecule is CCOc1nc(N)c2c(n1)N(Cc1ccc(CN3CCCCC3)cc1)C(=O)C2. The molecule has 2 aliphatic rings. The third-order valence-electron chi connectivity index (χ3n) is 5.37. The first-order valence-electron chi connectivity index (χ1n) is 10.0. The number of aromatic nitrogens is 2. The van der Waals surface area contributed by atoms with Crippen molar-refractivity contribution in [2.75, 3.05) is 30.3 Å². The van der Waals surface area contributed by atoms with Crippen LogP contribution in [0.15, 0.2) is 24.3 Å². The van der Waals surface area contributed by atoms with E-state index in [-0.39, 0.29) is 18.3 Å². The lowest BCUT2D eigenvalue weighted by molar-refractivity contribution is -0.117. The van der Waals surface area contributed by atoms with Crippen molar-refractivity contribution >= 4 is 17.5 Å². The molecule has 1 amide bonds. The van der Waals surface area contributed by atoms with Crippen molar-refractivity contribution in [2.45, 2.75) is 45.7 Å². The molecule has 0 unspecified atom stereocenters. The fourth-order valence-electron chi connectivity index (χ4n) is 3.89. The molecule has 2 aliphatic heterocycles. The van der Waals surface area contributed by atoms with E-state index in [4.69, 9.17) is 10.5 Å². The number of ether oxygens (including phenoxy) is 1. The largest absolute Gasteiger partial charge is 0.464 e. The minimum absolute atomic E-state index is 0.0120. The zero-order chi connectivity index (χ0) is 19.5. The van der Waals surface area contributed by atoms with Gasteiger partial charge in [0, 0.05) is 12.1 Å². The molecule has 1 saturated heterocycles. The summed E-state index contributed by atoms with van der Waals surface area (Å²) in [5.74, 6) is 0.876. The standard InChI is InChI=1S/C21H27N5O2/c1-2-28-21-23-19(22)17-12-18(27)26(20(17)24-21)14-16-8-6-15(7-9-16)13-25-10-4-3-5-11-25/h6-9H,2-5,10-14H2,1H3,(H2,22,23,24). The van der Waals surface area contributed by atoms with Crippen LogP contribution in [-0.2, 0) is 24.3 Å². The number of nitrogens with two attached hydrogens (primary N) is 1. The molecule has 1 aromatic heterocycles. The van der Waals surface area contributed by atoms with E-state index < -0.39 is 0 Å². The Morgan fingerprint density at radius 1 is 1.04 bits per heavy atom. The lowest BCUT2D eigenvalue weighted by atomic mass is 10.1. The van der Waals surface area contributed by atoms with Gasteiger partial charge in [0.05, 0.1) is 19.6 Å². The smallest absolute Gasteiger partial charge is 0.320 e. The first-order valence-corrected chi connectivity index (χ1v) is 10.0. The highest BCUT2D eigenvalue weighted by molar-refractivity contribution is 6.01. The highest BCUT2D eigenvalue weighted by Gasteiger charge is 2.32. The molecule has 1 aromatic carbocycles. The summed E-state index contributed by atoms with van der Waals surface area (Å²) in [4.78, 5) is 25.3. The first-order chi connectivity index (χ1) is 13.6. The Kier molecular flexibility index (Phi) is 5.43. The van der Waals surface area contributed by atoms with E-state index in [1.165, 1.54) is 37.9 Å². The molecule has 0 atom stereocenters. The Bertz CT molecular complexity index is 847. The highest BCUT2D eigenvalue weighted by Crippen LogP contribution is 2.33. The summed E-state index contributed by atoms with van der Waals surface area (Å²) in [5, 5.41) is 0. The van der Waals surface area contributed by atoms with Crippen molar-refractivity contribution in [2.24, 2.45) is 0 Å². The van der Waals surface area contributed by atoms with E-state index in [9.17, 15) is 4.79 Å². The Morgan fingerprint density at radius 3 is 2.39 bits per heavy atom. The average Bonchev–Trinajstić information content (AvgIpc) is 3.01. The fraction of sp³-hybridized carbons (Fsp3) is 0.476. The van der Waals surface area contributed by atoms with Crippen LogP contribution in [-0.4, -0.2) is 40.5 Å². The minimum Gasteiger partial charge on any atom is -0.464 e. The van der Waals surface area contributed by atoms with Gasteiger partial charge in [0.15, 0.2) is 0 Å². The maximum absolute atomic E-state index is 12.5. The number of carbonyl (C=O) groups is 1. The van der Waals surface area contributed by atoms with E-state index in [0.717, 1.165) is 12.1 Å². The van der Waals surface area contributed by atoms with Gasteiger partial charge in [-0.3, -0.25) is 14.6 Å². The van der Waals surface area contributed by atoms with Gasteiger partial charge in [0.25, 0.3) is 0 Å². The molecule has 2 aromatic rings. The number of benzene rings is 1. The lowest BCUT2D eigenvalue weighted by Crippen LogP contribution is -2.29. The molecule has 2 N–H and O–H groups in total. The summed E-state index contributed by atoms with van der Waals surface area (Å²) in [5.41, 5.74) is 9.08. The van der Waals surface area contributed by atoms with Crippen LogP contribution in [0.5, 0.6) is 6.01 Å². The summed E-state index contributed by atoms with van der Waals surface area (Å²) < 4.78 is 5.39. The predicted molar refractivity (Wildman–Crippen MR) is 108 cm³/mol. The second-order valence-corrected chi connectivity index (χ2v) is 7.44. The number of anilines is 2. The number of amides is 1. The van der Waals surface area contributed by atoms with Crippen molar-refractivity contribution in [1.82, 2.24) is 14.9 Å². The molecule has 0 bridgehead atoms. The van der Waals surface area contributed by atoms with Crippen LogP contribution in [0.4, 0.5) is 11.6 Å². The molecule has 0 radical (unpaired) electrons. The van der Waals surface area contributed by atoms with E-state index >= 15 is 0 Å². The van der Waals surface area contributed by atoms with Crippen molar-refractivity contribution in [1.29, 1.82) is 0 Å². The van der Waals surface area contributed by atoms with E-state index in [0.29, 0.717) is 30.4 Å². The van der Waals surface area contributed by atoms with Gasteiger partial charge in [-0.05, 0) is 44.0 Å². The van der Waals surface area contributed by atoms with Crippen molar-refractivity contribution in [3.8, 4) is 6.01 Å². The Morgan fingerprint density at radius 2 is 1.71 bits per heavy atom. The summed E-state index contributed by atoms with van der Waals surface area (Å²) in [6.45, 7) is 6.14. The van der Waals surface area contributed by atoms with Crippen LogP contribution < -0.4 is 15.4 Å². The summed E-state index contributed by atoms with van der Waals surface area (Å²) in [7, 11) is 0. The van der Waals surface area contributed by atoms with Gasteiger partial charge in [-0.15, -0.1) is 0 Å². The van der Waals surface area contributed by atoms with Crippen molar-refractivity contribution in [3.05, 3.63) is 41.0 Å². The third kappa shape index (κ3) is 3.94. The topological polar surface area (TPSA) is 84.6 Å². The Balaban J connectivity index is 1.48. The number of likely N-dealkylation sites (tertiary alicyclic amines) is 1. The van der Waals surface area contributed by atoms with E-state index in [1.54, 1.807) is 4.90 Å². The van der Waals surface area contributed by atoms with Gasteiger partial charge in [0.1, 0.15) is 11.6 Å². The van der Waals surface area contributed by atoms with Crippen LogP contribution in [0.3, 0.4) is 0 Å². The Labute approximate surface area is 165 Å². The zero-order valence-electron chi connectivity index (χ0n) is 16.4. The molecule has 0 aliphatic carbocycles. The molecule has 28 heavy (non-hydrogen) atoms. The van der Waals surface area contributed by atoms with Crippen LogP contribution in [0, 0.1) is 0 Å². The van der Waals surface area contributed by atoms with Crippen LogP contribution in [0.2, 0.25) is 0 Å². The van der Waals surface area contributed by atoms with E-state index in [1.807, 2.05) is 6.92 Å². The molecule has 0 saturated carbocycles.